The number of alkyl halides is 3. The van der Waals surface area contributed by atoms with E-state index >= 15 is 0 Å². The Morgan fingerprint density at radius 3 is 2.79 bits per heavy atom. The molecule has 1 aliphatic rings. The lowest BCUT2D eigenvalue weighted by Gasteiger charge is -2.03. The van der Waals surface area contributed by atoms with Crippen molar-refractivity contribution in [1.82, 2.24) is 19.9 Å². The summed E-state index contributed by atoms with van der Waals surface area (Å²) < 4.78 is 40.2. The number of nitrogens with zero attached hydrogens (tertiary/aromatic N) is 3. The highest BCUT2D eigenvalue weighted by Gasteiger charge is 2.36. The van der Waals surface area contributed by atoms with Crippen molar-refractivity contribution in [3.63, 3.8) is 0 Å². The number of halogens is 4. The van der Waals surface area contributed by atoms with Crippen molar-refractivity contribution in [3.8, 4) is 11.3 Å². The van der Waals surface area contributed by atoms with Gasteiger partial charge in [-0.05, 0) is 30.9 Å². The molecule has 2 aromatic heterocycles. The molecule has 0 saturated heterocycles. The summed E-state index contributed by atoms with van der Waals surface area (Å²) in [6.07, 6.45) is 0.323. The third-order valence-corrected chi connectivity index (χ3v) is 5.55. The van der Waals surface area contributed by atoms with Crippen LogP contribution >= 0.6 is 22.9 Å². The number of rotatable bonds is 5. The van der Waals surface area contributed by atoms with Gasteiger partial charge in [-0.2, -0.15) is 13.2 Å². The van der Waals surface area contributed by atoms with Gasteiger partial charge >= 0.3 is 6.18 Å². The topological polar surface area (TPSA) is 59.3 Å². The molecule has 1 fully saturated rings. The van der Waals surface area contributed by atoms with E-state index in [1.54, 1.807) is 24.3 Å². The Kier molecular flexibility index (Phi) is 4.88. The zero-order chi connectivity index (χ0) is 19.9. The minimum atomic E-state index is -4.57. The van der Waals surface area contributed by atoms with Gasteiger partial charge in [-0.3, -0.25) is 4.79 Å². The molecule has 28 heavy (non-hydrogen) atoms. The number of aromatic nitrogens is 3. The highest BCUT2D eigenvalue weighted by Crippen LogP contribution is 2.36. The van der Waals surface area contributed by atoms with Crippen molar-refractivity contribution < 1.29 is 18.0 Å². The third kappa shape index (κ3) is 3.90. The fraction of sp³-hybridized carbons (Fsp3) is 0.278. The minimum absolute atomic E-state index is 0.0697. The van der Waals surface area contributed by atoms with Gasteiger partial charge in [0.25, 0.3) is 0 Å². The van der Waals surface area contributed by atoms with Gasteiger partial charge < -0.3 is 5.32 Å². The molecule has 0 aliphatic heterocycles. The summed E-state index contributed by atoms with van der Waals surface area (Å²) in [6.45, 7) is 0.595. The lowest BCUT2D eigenvalue weighted by atomic mass is 10.1. The van der Waals surface area contributed by atoms with Crippen LogP contribution in [0.25, 0.3) is 22.3 Å². The van der Waals surface area contributed by atoms with E-state index in [9.17, 15) is 18.0 Å². The summed E-state index contributed by atoms with van der Waals surface area (Å²) in [5, 5.41) is 5.81. The van der Waals surface area contributed by atoms with Crippen molar-refractivity contribution in [2.24, 2.45) is 5.92 Å². The lowest BCUT2D eigenvalue weighted by molar-refractivity contribution is -0.138. The Bertz CT molecular complexity index is 1070. The summed E-state index contributed by atoms with van der Waals surface area (Å²) >= 11 is 6.67. The molecular formula is C18H14ClF3N4OS. The standard InChI is InChI=1S/C18H14ClF3N4OS/c19-12-4-2-1-3-11(12)15-13(7-8-14(27)23-9-10-5-6-10)26-17(24-15)28-16(25-26)18(20,21)22/h1-4,7-8,10H,5-6,9H2,(H,23,27). The van der Waals surface area contributed by atoms with E-state index in [-0.39, 0.29) is 16.6 Å². The molecule has 10 heteroatoms. The third-order valence-electron chi connectivity index (χ3n) is 4.26. The molecule has 4 rings (SSSR count). The van der Waals surface area contributed by atoms with Crippen molar-refractivity contribution >= 4 is 39.9 Å². The normalized spacial score (nSPS) is 14.9. The van der Waals surface area contributed by atoms with Gasteiger partial charge in [-0.1, -0.05) is 41.1 Å². The Labute approximate surface area is 166 Å². The largest absolute Gasteiger partial charge is 0.445 e. The molecule has 0 unspecified atom stereocenters. The average molecular weight is 427 g/mol. The molecule has 2 heterocycles. The van der Waals surface area contributed by atoms with Crippen LogP contribution in [0.1, 0.15) is 23.5 Å². The molecule has 1 aromatic carbocycles. The number of fused-ring (bicyclic) bond motifs is 1. The number of benzene rings is 1. The summed E-state index contributed by atoms with van der Waals surface area (Å²) in [5.74, 6) is 0.198. The first-order chi connectivity index (χ1) is 13.3. The van der Waals surface area contributed by atoms with Crippen LogP contribution < -0.4 is 5.32 Å². The highest BCUT2D eigenvalue weighted by molar-refractivity contribution is 7.16. The summed E-state index contributed by atoms with van der Waals surface area (Å²) in [6, 6.07) is 6.86. The van der Waals surface area contributed by atoms with Crippen LogP contribution in [0.15, 0.2) is 30.3 Å². The molecule has 3 aromatic rings. The van der Waals surface area contributed by atoms with Crippen LogP contribution in [0.2, 0.25) is 5.02 Å². The van der Waals surface area contributed by atoms with E-state index in [0.717, 1.165) is 17.4 Å². The summed E-state index contributed by atoms with van der Waals surface area (Å²) in [5.41, 5.74) is 1.18. The molecule has 0 spiro atoms. The quantitative estimate of drug-likeness (QED) is 0.603. The Balaban J connectivity index is 1.75. The van der Waals surface area contributed by atoms with E-state index in [0.29, 0.717) is 40.1 Å². The average Bonchev–Trinajstić information content (AvgIpc) is 3.27. The van der Waals surface area contributed by atoms with E-state index < -0.39 is 11.2 Å². The number of carbonyl (C=O) groups is 1. The number of nitrogens with one attached hydrogen (secondary N) is 1. The predicted molar refractivity (Wildman–Crippen MR) is 101 cm³/mol. The molecule has 146 valence electrons. The first kappa shape index (κ1) is 18.9. The van der Waals surface area contributed by atoms with Gasteiger partial charge in [0, 0.05) is 18.2 Å². The maximum Gasteiger partial charge on any atom is 0.445 e. The lowest BCUT2D eigenvalue weighted by Crippen LogP contribution is -2.23. The number of hydrogen-bond donors (Lipinski definition) is 1. The van der Waals surface area contributed by atoms with Gasteiger partial charge in [0.2, 0.25) is 15.9 Å². The van der Waals surface area contributed by atoms with Crippen molar-refractivity contribution in [1.29, 1.82) is 0 Å². The van der Waals surface area contributed by atoms with Crippen LogP contribution in [0.3, 0.4) is 0 Å². The zero-order valence-corrected chi connectivity index (χ0v) is 15.9. The SMILES string of the molecule is O=C(C=Cc1c(-c2ccccc2Cl)nc2sc(C(F)(F)F)nn12)NCC1CC1. The molecule has 0 atom stereocenters. The maximum absolute atomic E-state index is 13.0. The molecule has 5 nitrogen and oxygen atoms in total. The smallest absolute Gasteiger partial charge is 0.352 e. The summed E-state index contributed by atoms with van der Waals surface area (Å²) in [4.78, 5) is 16.4. The number of hydrogen-bond acceptors (Lipinski definition) is 4. The molecule has 1 saturated carbocycles. The maximum atomic E-state index is 13.0. The van der Waals surface area contributed by atoms with Gasteiger partial charge in [-0.15, -0.1) is 5.10 Å². The van der Waals surface area contributed by atoms with Crippen molar-refractivity contribution in [2.75, 3.05) is 6.54 Å². The zero-order valence-electron chi connectivity index (χ0n) is 14.3. The minimum Gasteiger partial charge on any atom is -0.352 e. The number of amides is 1. The Hall–Kier alpha value is -2.39. The van der Waals surface area contributed by atoms with Crippen LogP contribution in [0.5, 0.6) is 0 Å². The van der Waals surface area contributed by atoms with Gasteiger partial charge in [0.15, 0.2) is 0 Å². The molecular weight excluding hydrogens is 413 g/mol. The van der Waals surface area contributed by atoms with Crippen molar-refractivity contribution in [3.05, 3.63) is 46.1 Å². The second-order valence-corrected chi connectivity index (χ2v) is 7.81. The summed E-state index contributed by atoms with van der Waals surface area (Å²) in [7, 11) is 0. The van der Waals surface area contributed by atoms with E-state index in [1.807, 2.05) is 0 Å². The Morgan fingerprint density at radius 1 is 1.36 bits per heavy atom. The second-order valence-electron chi connectivity index (χ2n) is 6.45. The van der Waals surface area contributed by atoms with Crippen LogP contribution in [-0.4, -0.2) is 27.0 Å². The molecule has 1 amide bonds. The molecule has 0 radical (unpaired) electrons. The van der Waals surface area contributed by atoms with Crippen LogP contribution in [0.4, 0.5) is 13.2 Å². The van der Waals surface area contributed by atoms with Crippen molar-refractivity contribution in [2.45, 2.75) is 19.0 Å². The molecule has 1 N–H and O–H groups in total. The monoisotopic (exact) mass is 426 g/mol. The number of imidazole rings is 1. The van der Waals surface area contributed by atoms with Gasteiger partial charge in [0.1, 0.15) is 5.69 Å². The highest BCUT2D eigenvalue weighted by atomic mass is 35.5. The van der Waals surface area contributed by atoms with E-state index in [1.165, 1.54) is 12.2 Å². The molecule has 0 bridgehead atoms. The first-order valence-electron chi connectivity index (χ1n) is 8.50. The fourth-order valence-corrected chi connectivity index (χ4v) is 3.66. The van der Waals surface area contributed by atoms with E-state index in [2.05, 4.69) is 15.4 Å². The van der Waals surface area contributed by atoms with E-state index in [4.69, 9.17) is 11.6 Å². The Morgan fingerprint density at radius 2 is 2.11 bits per heavy atom. The van der Waals surface area contributed by atoms with Crippen LogP contribution in [-0.2, 0) is 11.0 Å². The second kappa shape index (κ2) is 7.21. The fourth-order valence-electron chi connectivity index (χ4n) is 2.66. The predicted octanol–water partition coefficient (Wildman–Crippen LogP) is 4.67. The molecule has 1 aliphatic carbocycles. The van der Waals surface area contributed by atoms with Crippen LogP contribution in [0, 0.1) is 5.92 Å². The van der Waals surface area contributed by atoms with Gasteiger partial charge in [0.05, 0.1) is 10.7 Å². The number of carbonyl (C=O) groups excluding carboxylic acids is 1. The van der Waals surface area contributed by atoms with Gasteiger partial charge in [-0.25, -0.2) is 9.50 Å². The first-order valence-corrected chi connectivity index (χ1v) is 9.70.